The van der Waals surface area contributed by atoms with Crippen molar-refractivity contribution in [1.82, 2.24) is 14.6 Å². The van der Waals surface area contributed by atoms with Crippen LogP contribution < -0.4 is 16.8 Å². The number of nitrogen functional groups attached to an aromatic ring is 1. The highest BCUT2D eigenvalue weighted by Gasteiger charge is 2.37. The van der Waals surface area contributed by atoms with Crippen molar-refractivity contribution < 1.29 is 18.8 Å². The van der Waals surface area contributed by atoms with E-state index in [9.17, 15) is 14.4 Å². The molecular weight excluding hydrogens is 450 g/mol. The normalized spacial score (nSPS) is 14.9. The smallest absolute Gasteiger partial charge is 0.270 e. The van der Waals surface area contributed by atoms with Gasteiger partial charge in [-0.3, -0.25) is 14.4 Å². The van der Waals surface area contributed by atoms with E-state index in [-0.39, 0.29) is 34.8 Å². The lowest BCUT2D eigenvalue weighted by molar-refractivity contribution is -0.126. The molecule has 1 aliphatic carbocycles. The minimum atomic E-state index is -0.897. The summed E-state index contributed by atoms with van der Waals surface area (Å²) in [5, 5.41) is 4.95. The van der Waals surface area contributed by atoms with Gasteiger partial charge < -0.3 is 26.1 Å². The number of aromatic nitrogens is 1. The summed E-state index contributed by atoms with van der Waals surface area (Å²) in [6, 6.07) is 6.27. The number of nitrogens with one attached hydrogen (secondary N) is 1. The number of rotatable bonds is 8. The Morgan fingerprint density at radius 3 is 2.62 bits per heavy atom. The van der Waals surface area contributed by atoms with Crippen LogP contribution in [0.4, 0.5) is 5.69 Å². The fourth-order valence-electron chi connectivity index (χ4n) is 3.83. The molecule has 5 N–H and O–H groups in total. The van der Waals surface area contributed by atoms with Crippen LogP contribution in [0.3, 0.4) is 0 Å². The maximum absolute atomic E-state index is 13.7. The van der Waals surface area contributed by atoms with E-state index in [1.54, 1.807) is 12.1 Å². The molecule has 0 aromatic carbocycles. The number of carbonyl (C=O) groups excluding carboxylic acids is 3. The first-order valence-corrected chi connectivity index (χ1v) is 11.8. The standard InChI is InChI=1S/C21H23N5O4S2/c22-15-16(19(23)27)25-32-18(15)21(29)26(11-13-7-3-9-30-13)17(14-8-4-10-31-14)20(28)24-12-5-1-2-6-12/h3-4,7-10,12,17H,1-2,5-6,11,22H2,(H2,23,27)(H,24,28)/t17-/m1/s1. The lowest BCUT2D eigenvalue weighted by Gasteiger charge is -2.30. The summed E-state index contributed by atoms with van der Waals surface area (Å²) in [7, 11) is 0. The van der Waals surface area contributed by atoms with Crippen molar-refractivity contribution in [3.63, 3.8) is 0 Å². The molecule has 1 aliphatic rings. The number of thiophene rings is 1. The van der Waals surface area contributed by atoms with Crippen molar-refractivity contribution in [2.24, 2.45) is 5.73 Å². The van der Waals surface area contributed by atoms with Crippen molar-refractivity contribution in [2.75, 3.05) is 5.73 Å². The number of nitrogens with zero attached hydrogens (tertiary/aromatic N) is 2. The molecule has 3 heterocycles. The molecule has 3 amide bonds. The van der Waals surface area contributed by atoms with Crippen LogP contribution in [0.15, 0.2) is 40.3 Å². The zero-order chi connectivity index (χ0) is 22.7. The van der Waals surface area contributed by atoms with Crippen LogP contribution in [0.25, 0.3) is 0 Å². The third kappa shape index (κ3) is 4.53. The van der Waals surface area contributed by atoms with Crippen LogP contribution in [-0.2, 0) is 11.3 Å². The fraction of sp³-hybridized carbons (Fsp3) is 0.333. The number of primary amides is 1. The van der Waals surface area contributed by atoms with Crippen molar-refractivity contribution in [2.45, 2.75) is 44.3 Å². The molecule has 0 unspecified atom stereocenters. The Bertz CT molecular complexity index is 1090. The molecule has 0 bridgehead atoms. The molecule has 168 valence electrons. The molecule has 11 heteroatoms. The number of furan rings is 1. The van der Waals surface area contributed by atoms with E-state index in [2.05, 4.69) is 9.69 Å². The first-order valence-electron chi connectivity index (χ1n) is 10.2. The minimum Gasteiger partial charge on any atom is -0.467 e. The first kappa shape index (κ1) is 22.0. The number of hydrogen-bond donors (Lipinski definition) is 3. The van der Waals surface area contributed by atoms with E-state index in [0.29, 0.717) is 10.6 Å². The van der Waals surface area contributed by atoms with Crippen LogP contribution in [0.5, 0.6) is 0 Å². The Labute approximate surface area is 192 Å². The lowest BCUT2D eigenvalue weighted by Crippen LogP contribution is -2.45. The van der Waals surface area contributed by atoms with Gasteiger partial charge in [-0.05, 0) is 48.0 Å². The van der Waals surface area contributed by atoms with Gasteiger partial charge in [0.1, 0.15) is 16.7 Å². The number of carbonyl (C=O) groups is 3. The second-order valence-electron chi connectivity index (χ2n) is 7.56. The molecule has 0 aliphatic heterocycles. The second kappa shape index (κ2) is 9.53. The molecule has 1 atom stereocenters. The summed E-state index contributed by atoms with van der Waals surface area (Å²) in [4.78, 5) is 40.9. The van der Waals surface area contributed by atoms with Gasteiger partial charge in [-0.2, -0.15) is 4.37 Å². The number of hydrogen-bond acceptors (Lipinski definition) is 8. The van der Waals surface area contributed by atoms with Crippen LogP contribution in [0.1, 0.15) is 62.5 Å². The van der Waals surface area contributed by atoms with Gasteiger partial charge in [-0.15, -0.1) is 11.3 Å². The molecule has 4 rings (SSSR count). The fourth-order valence-corrected chi connectivity index (χ4v) is 5.43. The maximum Gasteiger partial charge on any atom is 0.270 e. The second-order valence-corrected chi connectivity index (χ2v) is 9.31. The SMILES string of the molecule is NC(=O)c1nsc(C(=O)N(Cc2ccco2)[C@@H](C(=O)NC2CCCC2)c2cccs2)c1N. The van der Waals surface area contributed by atoms with Gasteiger partial charge in [0.2, 0.25) is 5.91 Å². The third-order valence-corrected chi connectivity index (χ3v) is 7.17. The van der Waals surface area contributed by atoms with Gasteiger partial charge in [0, 0.05) is 10.9 Å². The molecular formula is C21H23N5O4S2. The quantitative estimate of drug-likeness (QED) is 0.459. The van der Waals surface area contributed by atoms with Crippen LogP contribution in [0.2, 0.25) is 0 Å². The van der Waals surface area contributed by atoms with Crippen molar-refractivity contribution in [3.05, 3.63) is 57.1 Å². The Balaban J connectivity index is 1.72. The van der Waals surface area contributed by atoms with Gasteiger partial charge in [0.25, 0.3) is 11.8 Å². The Morgan fingerprint density at radius 2 is 2.03 bits per heavy atom. The molecule has 0 saturated heterocycles. The third-order valence-electron chi connectivity index (χ3n) is 5.40. The summed E-state index contributed by atoms with van der Waals surface area (Å²) in [6.07, 6.45) is 5.47. The maximum atomic E-state index is 13.7. The monoisotopic (exact) mass is 473 g/mol. The van der Waals surface area contributed by atoms with Crippen LogP contribution in [0, 0.1) is 0 Å². The summed E-state index contributed by atoms with van der Waals surface area (Å²) >= 11 is 2.17. The number of nitrogens with two attached hydrogens (primary N) is 2. The number of amides is 3. The van der Waals surface area contributed by atoms with Crippen molar-refractivity contribution >= 4 is 46.3 Å². The first-order chi connectivity index (χ1) is 15.5. The summed E-state index contributed by atoms with van der Waals surface area (Å²) < 4.78 is 9.40. The Kier molecular flexibility index (Phi) is 6.56. The molecule has 1 saturated carbocycles. The summed E-state index contributed by atoms with van der Waals surface area (Å²) in [5.41, 5.74) is 11.1. The molecule has 3 aromatic heterocycles. The van der Waals surface area contributed by atoms with Gasteiger partial charge in [0.05, 0.1) is 18.5 Å². The average Bonchev–Trinajstić information content (AvgIpc) is 3.55. The highest BCUT2D eigenvalue weighted by molar-refractivity contribution is 7.10. The molecule has 0 spiro atoms. The van der Waals surface area contributed by atoms with Gasteiger partial charge >= 0.3 is 0 Å². The Morgan fingerprint density at radius 1 is 1.25 bits per heavy atom. The Hall–Kier alpha value is -3.18. The van der Waals surface area contributed by atoms with Gasteiger partial charge in [-0.25, -0.2) is 0 Å². The zero-order valence-corrected chi connectivity index (χ0v) is 18.8. The van der Waals surface area contributed by atoms with E-state index in [1.807, 2.05) is 17.5 Å². The zero-order valence-electron chi connectivity index (χ0n) is 17.2. The molecule has 3 aromatic rings. The molecule has 0 radical (unpaired) electrons. The minimum absolute atomic E-state index is 0.0374. The molecule has 1 fully saturated rings. The average molecular weight is 474 g/mol. The highest BCUT2D eigenvalue weighted by Crippen LogP contribution is 2.32. The van der Waals surface area contributed by atoms with E-state index in [0.717, 1.165) is 37.2 Å². The van der Waals surface area contributed by atoms with E-state index >= 15 is 0 Å². The van der Waals surface area contributed by atoms with E-state index in [4.69, 9.17) is 15.9 Å². The van der Waals surface area contributed by atoms with Gasteiger partial charge in [0.15, 0.2) is 5.69 Å². The predicted molar refractivity (Wildman–Crippen MR) is 121 cm³/mol. The summed E-state index contributed by atoms with van der Waals surface area (Å²) in [6.45, 7) is 0.0374. The highest BCUT2D eigenvalue weighted by atomic mass is 32.1. The van der Waals surface area contributed by atoms with E-state index in [1.165, 1.54) is 22.5 Å². The van der Waals surface area contributed by atoms with Crippen molar-refractivity contribution in [3.8, 4) is 0 Å². The summed E-state index contributed by atoms with van der Waals surface area (Å²) in [5.74, 6) is -1.10. The molecule has 9 nitrogen and oxygen atoms in total. The van der Waals surface area contributed by atoms with Gasteiger partial charge in [-0.1, -0.05) is 18.9 Å². The van der Waals surface area contributed by atoms with Crippen molar-refractivity contribution in [1.29, 1.82) is 0 Å². The largest absolute Gasteiger partial charge is 0.467 e. The van der Waals surface area contributed by atoms with Crippen LogP contribution >= 0.6 is 22.9 Å². The van der Waals surface area contributed by atoms with Crippen LogP contribution in [-0.4, -0.2) is 33.0 Å². The number of anilines is 1. The predicted octanol–water partition coefficient (Wildman–Crippen LogP) is 2.92. The van der Waals surface area contributed by atoms with E-state index < -0.39 is 17.9 Å². The topological polar surface area (TPSA) is 145 Å². The lowest BCUT2D eigenvalue weighted by atomic mass is 10.1. The molecule has 32 heavy (non-hydrogen) atoms.